The summed E-state index contributed by atoms with van der Waals surface area (Å²) in [6, 6.07) is 17.8. The predicted octanol–water partition coefficient (Wildman–Crippen LogP) is 4.79. The van der Waals surface area contributed by atoms with Crippen molar-refractivity contribution in [3.05, 3.63) is 82.6 Å². The smallest absolute Gasteiger partial charge is 0.257 e. The molecule has 0 unspecified atom stereocenters. The third-order valence-electron chi connectivity index (χ3n) is 4.27. The van der Waals surface area contributed by atoms with E-state index in [4.69, 9.17) is 0 Å². The number of para-hydroxylation sites is 1. The molecule has 0 spiro atoms. The molecule has 0 saturated heterocycles. The molecule has 1 N–H and O–H groups in total. The van der Waals surface area contributed by atoms with Crippen molar-refractivity contribution < 1.29 is 4.79 Å². The monoisotopic (exact) mass is 393 g/mol. The SMILES string of the molecule is O=C(Nc1cccc(Br)c1)c1cncc(N2CCc3ccccc32)c1. The maximum Gasteiger partial charge on any atom is 0.257 e. The summed E-state index contributed by atoms with van der Waals surface area (Å²) in [6.07, 6.45) is 4.40. The van der Waals surface area contributed by atoms with Crippen LogP contribution in [-0.2, 0) is 6.42 Å². The lowest BCUT2D eigenvalue weighted by atomic mass is 10.2. The molecule has 2 heterocycles. The zero-order chi connectivity index (χ0) is 17.2. The van der Waals surface area contributed by atoms with Crippen LogP contribution in [0.5, 0.6) is 0 Å². The van der Waals surface area contributed by atoms with Crippen LogP contribution in [0.15, 0.2) is 71.5 Å². The minimum Gasteiger partial charge on any atom is -0.340 e. The molecule has 3 aromatic rings. The molecular formula is C20H16BrN3O. The number of pyridine rings is 1. The van der Waals surface area contributed by atoms with E-state index >= 15 is 0 Å². The van der Waals surface area contributed by atoms with Crippen LogP contribution < -0.4 is 10.2 Å². The van der Waals surface area contributed by atoms with E-state index in [-0.39, 0.29) is 5.91 Å². The first-order valence-electron chi connectivity index (χ1n) is 8.08. The molecule has 0 bridgehead atoms. The number of nitrogens with zero attached hydrogens (tertiary/aromatic N) is 2. The Balaban J connectivity index is 1.59. The molecule has 0 aliphatic carbocycles. The lowest BCUT2D eigenvalue weighted by molar-refractivity contribution is 0.102. The van der Waals surface area contributed by atoms with Crippen molar-refractivity contribution in [3.8, 4) is 0 Å². The number of fused-ring (bicyclic) bond motifs is 1. The maximum absolute atomic E-state index is 12.6. The second-order valence-electron chi connectivity index (χ2n) is 5.93. The normalized spacial score (nSPS) is 12.8. The topological polar surface area (TPSA) is 45.2 Å². The van der Waals surface area contributed by atoms with E-state index in [1.54, 1.807) is 12.4 Å². The number of amides is 1. The minimum atomic E-state index is -0.167. The van der Waals surface area contributed by atoms with Crippen molar-refractivity contribution in [2.45, 2.75) is 6.42 Å². The highest BCUT2D eigenvalue weighted by molar-refractivity contribution is 9.10. The molecule has 1 aromatic heterocycles. The minimum absolute atomic E-state index is 0.167. The van der Waals surface area contributed by atoms with Gasteiger partial charge in [0.2, 0.25) is 0 Å². The van der Waals surface area contributed by atoms with Crippen molar-refractivity contribution in [3.63, 3.8) is 0 Å². The molecule has 4 nitrogen and oxygen atoms in total. The number of carbonyl (C=O) groups is 1. The van der Waals surface area contributed by atoms with E-state index in [0.29, 0.717) is 5.56 Å². The molecule has 4 rings (SSSR count). The highest BCUT2D eigenvalue weighted by Crippen LogP contribution is 2.34. The Morgan fingerprint density at radius 3 is 2.84 bits per heavy atom. The Morgan fingerprint density at radius 1 is 1.08 bits per heavy atom. The average Bonchev–Trinajstić information content (AvgIpc) is 3.06. The molecule has 2 aromatic carbocycles. The summed E-state index contributed by atoms with van der Waals surface area (Å²) in [5.74, 6) is -0.167. The zero-order valence-corrected chi connectivity index (χ0v) is 15.0. The number of benzene rings is 2. The molecule has 1 aliphatic rings. The molecule has 1 aliphatic heterocycles. The van der Waals surface area contributed by atoms with Crippen molar-refractivity contribution in [2.24, 2.45) is 0 Å². The van der Waals surface area contributed by atoms with E-state index in [2.05, 4.69) is 49.3 Å². The van der Waals surface area contributed by atoms with Gasteiger partial charge < -0.3 is 10.2 Å². The van der Waals surface area contributed by atoms with E-state index in [1.807, 2.05) is 36.4 Å². The zero-order valence-electron chi connectivity index (χ0n) is 13.4. The summed E-state index contributed by atoms with van der Waals surface area (Å²) in [7, 11) is 0. The van der Waals surface area contributed by atoms with Crippen molar-refractivity contribution in [1.29, 1.82) is 0 Å². The number of anilines is 3. The third-order valence-corrected chi connectivity index (χ3v) is 4.76. The summed E-state index contributed by atoms with van der Waals surface area (Å²) in [5.41, 5.74) is 4.74. The third kappa shape index (κ3) is 3.28. The summed E-state index contributed by atoms with van der Waals surface area (Å²) in [6.45, 7) is 0.901. The van der Waals surface area contributed by atoms with Gasteiger partial charge in [0.1, 0.15) is 0 Å². The number of halogens is 1. The van der Waals surface area contributed by atoms with Gasteiger partial charge in [-0.15, -0.1) is 0 Å². The fraction of sp³-hybridized carbons (Fsp3) is 0.100. The van der Waals surface area contributed by atoms with E-state index < -0.39 is 0 Å². The van der Waals surface area contributed by atoms with E-state index in [9.17, 15) is 4.79 Å². The maximum atomic E-state index is 12.6. The quantitative estimate of drug-likeness (QED) is 0.695. The van der Waals surface area contributed by atoms with Crippen molar-refractivity contribution in [2.75, 3.05) is 16.8 Å². The predicted molar refractivity (Wildman–Crippen MR) is 103 cm³/mol. The summed E-state index contributed by atoms with van der Waals surface area (Å²) in [4.78, 5) is 19.0. The lowest BCUT2D eigenvalue weighted by Gasteiger charge is -2.19. The molecule has 124 valence electrons. The van der Waals surface area contributed by atoms with Gasteiger partial charge in [-0.1, -0.05) is 40.2 Å². The number of nitrogens with one attached hydrogen (secondary N) is 1. The largest absolute Gasteiger partial charge is 0.340 e. The van der Waals surface area contributed by atoms with Crippen molar-refractivity contribution in [1.82, 2.24) is 4.98 Å². The highest BCUT2D eigenvalue weighted by atomic mass is 79.9. The second kappa shape index (κ2) is 6.69. The first-order chi connectivity index (χ1) is 12.2. The molecule has 5 heteroatoms. The number of aromatic nitrogens is 1. The molecule has 25 heavy (non-hydrogen) atoms. The van der Waals surface area contributed by atoms with Gasteiger partial charge in [0.05, 0.1) is 17.4 Å². The number of hydrogen-bond acceptors (Lipinski definition) is 3. The average molecular weight is 394 g/mol. The van der Waals surface area contributed by atoms with E-state index in [1.165, 1.54) is 11.3 Å². The Bertz CT molecular complexity index is 941. The molecule has 1 amide bonds. The first-order valence-corrected chi connectivity index (χ1v) is 8.87. The van der Waals surface area contributed by atoms with Gasteiger partial charge in [-0.25, -0.2) is 0 Å². The standard InChI is InChI=1S/C20H16BrN3O/c21-16-5-3-6-17(11-16)23-20(25)15-10-18(13-22-12-15)24-9-8-14-4-1-2-7-19(14)24/h1-7,10-13H,8-9H2,(H,23,25). The van der Waals surface area contributed by atoms with Crippen molar-refractivity contribution >= 4 is 38.9 Å². The van der Waals surface area contributed by atoms with Crippen LogP contribution in [0, 0.1) is 0 Å². The van der Waals surface area contributed by atoms with Crippen LogP contribution in [-0.4, -0.2) is 17.4 Å². The van der Waals surface area contributed by atoms with Crippen LogP contribution in [0.4, 0.5) is 17.1 Å². The molecule has 0 fully saturated rings. The summed E-state index contributed by atoms with van der Waals surface area (Å²) < 4.78 is 0.922. The summed E-state index contributed by atoms with van der Waals surface area (Å²) >= 11 is 3.41. The number of rotatable bonds is 3. The molecular weight excluding hydrogens is 378 g/mol. The Hall–Kier alpha value is -2.66. The Labute approximate surface area is 154 Å². The van der Waals surface area contributed by atoms with Crippen LogP contribution in [0.3, 0.4) is 0 Å². The van der Waals surface area contributed by atoms with Crippen LogP contribution >= 0.6 is 15.9 Å². The van der Waals surface area contributed by atoms with Gasteiger partial charge in [0.15, 0.2) is 0 Å². The summed E-state index contributed by atoms with van der Waals surface area (Å²) in [5, 5.41) is 2.91. The molecule has 0 radical (unpaired) electrons. The van der Waals surface area contributed by atoms with Gasteiger partial charge in [-0.05, 0) is 42.3 Å². The fourth-order valence-electron chi connectivity index (χ4n) is 3.08. The fourth-order valence-corrected chi connectivity index (χ4v) is 3.47. The highest BCUT2D eigenvalue weighted by Gasteiger charge is 2.20. The Morgan fingerprint density at radius 2 is 1.96 bits per heavy atom. The Kier molecular flexibility index (Phi) is 4.24. The number of carbonyl (C=O) groups excluding carboxylic acids is 1. The molecule has 0 atom stereocenters. The van der Waals surface area contributed by atoms with Gasteiger partial charge in [-0.3, -0.25) is 9.78 Å². The van der Waals surface area contributed by atoms with Gasteiger partial charge in [0.25, 0.3) is 5.91 Å². The van der Waals surface area contributed by atoms with Crippen LogP contribution in [0.25, 0.3) is 0 Å². The van der Waals surface area contributed by atoms with Gasteiger partial charge in [0, 0.05) is 28.6 Å². The number of hydrogen-bond donors (Lipinski definition) is 1. The van der Waals surface area contributed by atoms with Gasteiger partial charge in [-0.2, -0.15) is 0 Å². The lowest BCUT2D eigenvalue weighted by Crippen LogP contribution is -2.16. The first kappa shape index (κ1) is 15.8. The van der Waals surface area contributed by atoms with E-state index in [0.717, 1.165) is 28.8 Å². The van der Waals surface area contributed by atoms with Gasteiger partial charge >= 0.3 is 0 Å². The van der Waals surface area contributed by atoms with Crippen LogP contribution in [0.1, 0.15) is 15.9 Å². The molecule has 0 saturated carbocycles. The second-order valence-corrected chi connectivity index (χ2v) is 6.84. The van der Waals surface area contributed by atoms with Crippen LogP contribution in [0.2, 0.25) is 0 Å².